The van der Waals surface area contributed by atoms with Crippen molar-refractivity contribution in [1.29, 1.82) is 0 Å². The molecule has 0 aromatic rings. The second kappa shape index (κ2) is 8.98. The average Bonchev–Trinajstić information content (AvgIpc) is 2.92. The van der Waals surface area contributed by atoms with E-state index in [0.717, 1.165) is 19.3 Å². The van der Waals surface area contributed by atoms with Crippen molar-refractivity contribution in [2.24, 2.45) is 17.8 Å². The SMILES string of the molecule is CCCOC(=O)C(CC1CCCC1)C(=O)OCC(C)C. The van der Waals surface area contributed by atoms with Gasteiger partial charge in [0, 0.05) is 0 Å². The number of hydrogen-bond acceptors (Lipinski definition) is 4. The lowest BCUT2D eigenvalue weighted by Gasteiger charge is -2.19. The molecule has 0 aromatic carbocycles. The summed E-state index contributed by atoms with van der Waals surface area (Å²) < 4.78 is 10.4. The van der Waals surface area contributed by atoms with Gasteiger partial charge in [0.15, 0.2) is 5.92 Å². The minimum atomic E-state index is -0.733. The molecule has 0 bridgehead atoms. The van der Waals surface area contributed by atoms with Gasteiger partial charge in [-0.3, -0.25) is 9.59 Å². The summed E-state index contributed by atoms with van der Waals surface area (Å²) >= 11 is 0. The monoisotopic (exact) mass is 284 g/mol. The Morgan fingerprint density at radius 3 is 2.25 bits per heavy atom. The van der Waals surface area contributed by atoms with Crippen molar-refractivity contribution in [2.75, 3.05) is 13.2 Å². The van der Waals surface area contributed by atoms with E-state index in [1.807, 2.05) is 20.8 Å². The van der Waals surface area contributed by atoms with Crippen LogP contribution in [0.4, 0.5) is 0 Å². The van der Waals surface area contributed by atoms with Crippen LogP contribution in [0.15, 0.2) is 0 Å². The molecule has 0 N–H and O–H groups in total. The molecule has 1 aliphatic carbocycles. The largest absolute Gasteiger partial charge is 0.465 e. The molecule has 1 aliphatic rings. The first-order chi connectivity index (χ1) is 9.54. The van der Waals surface area contributed by atoms with Gasteiger partial charge in [0.2, 0.25) is 0 Å². The van der Waals surface area contributed by atoms with Crippen LogP contribution >= 0.6 is 0 Å². The Labute approximate surface area is 122 Å². The molecule has 1 rings (SSSR count). The minimum Gasteiger partial charge on any atom is -0.465 e. The Morgan fingerprint density at radius 2 is 1.70 bits per heavy atom. The molecule has 0 aliphatic heterocycles. The second-order valence-corrected chi connectivity index (χ2v) is 6.13. The van der Waals surface area contributed by atoms with Gasteiger partial charge >= 0.3 is 11.9 Å². The van der Waals surface area contributed by atoms with E-state index in [1.54, 1.807) is 0 Å². The van der Waals surface area contributed by atoms with Gasteiger partial charge in [-0.25, -0.2) is 0 Å². The Balaban J connectivity index is 2.56. The third-order valence-corrected chi connectivity index (χ3v) is 3.62. The lowest BCUT2D eigenvalue weighted by Crippen LogP contribution is -2.30. The van der Waals surface area contributed by atoms with Crippen LogP contribution in [0, 0.1) is 17.8 Å². The van der Waals surface area contributed by atoms with Gasteiger partial charge in [0.25, 0.3) is 0 Å². The van der Waals surface area contributed by atoms with Gasteiger partial charge in [-0.1, -0.05) is 46.5 Å². The molecule has 1 saturated carbocycles. The van der Waals surface area contributed by atoms with Crippen molar-refractivity contribution in [3.63, 3.8) is 0 Å². The summed E-state index contributed by atoms with van der Waals surface area (Å²) in [5, 5.41) is 0. The molecule has 0 radical (unpaired) electrons. The van der Waals surface area contributed by atoms with Crippen molar-refractivity contribution in [1.82, 2.24) is 0 Å². The lowest BCUT2D eigenvalue weighted by molar-refractivity contribution is -0.163. The quantitative estimate of drug-likeness (QED) is 0.507. The van der Waals surface area contributed by atoms with E-state index in [4.69, 9.17) is 9.47 Å². The van der Waals surface area contributed by atoms with Crippen molar-refractivity contribution < 1.29 is 19.1 Å². The first-order valence-electron chi connectivity index (χ1n) is 7.87. The second-order valence-electron chi connectivity index (χ2n) is 6.13. The van der Waals surface area contributed by atoms with E-state index >= 15 is 0 Å². The maximum Gasteiger partial charge on any atom is 0.320 e. The smallest absolute Gasteiger partial charge is 0.320 e. The fourth-order valence-corrected chi connectivity index (χ4v) is 2.52. The summed E-state index contributed by atoms with van der Waals surface area (Å²) in [5.74, 6) is -0.818. The van der Waals surface area contributed by atoms with Crippen LogP contribution in [0.25, 0.3) is 0 Å². The molecule has 0 spiro atoms. The third kappa shape index (κ3) is 5.93. The molecule has 4 nitrogen and oxygen atoms in total. The van der Waals surface area contributed by atoms with E-state index in [2.05, 4.69) is 0 Å². The van der Waals surface area contributed by atoms with Gasteiger partial charge < -0.3 is 9.47 Å². The van der Waals surface area contributed by atoms with E-state index in [1.165, 1.54) is 12.8 Å². The molecule has 4 heteroatoms. The number of ether oxygens (including phenoxy) is 2. The Hall–Kier alpha value is -1.06. The van der Waals surface area contributed by atoms with E-state index in [9.17, 15) is 9.59 Å². The van der Waals surface area contributed by atoms with Gasteiger partial charge in [0.05, 0.1) is 13.2 Å². The third-order valence-electron chi connectivity index (χ3n) is 3.62. The van der Waals surface area contributed by atoms with Crippen LogP contribution in [0.2, 0.25) is 0 Å². The standard InChI is InChI=1S/C16H28O4/c1-4-9-19-15(17)14(10-13-7-5-6-8-13)16(18)20-11-12(2)3/h12-14H,4-11H2,1-3H3. The van der Waals surface area contributed by atoms with Crippen molar-refractivity contribution >= 4 is 11.9 Å². The zero-order chi connectivity index (χ0) is 15.0. The predicted octanol–water partition coefficient (Wildman–Crippen LogP) is 3.34. The highest BCUT2D eigenvalue weighted by atomic mass is 16.6. The van der Waals surface area contributed by atoms with Crippen LogP contribution in [0.1, 0.15) is 59.3 Å². The van der Waals surface area contributed by atoms with Gasteiger partial charge in [0.1, 0.15) is 0 Å². The highest BCUT2D eigenvalue weighted by Crippen LogP contribution is 2.31. The van der Waals surface area contributed by atoms with Crippen molar-refractivity contribution in [3.8, 4) is 0 Å². The van der Waals surface area contributed by atoms with Gasteiger partial charge in [-0.15, -0.1) is 0 Å². The summed E-state index contributed by atoms with van der Waals surface area (Å²) in [6, 6.07) is 0. The molecular weight excluding hydrogens is 256 g/mol. The van der Waals surface area contributed by atoms with Crippen LogP contribution in [-0.4, -0.2) is 25.2 Å². The maximum absolute atomic E-state index is 12.1. The summed E-state index contributed by atoms with van der Waals surface area (Å²) in [6.45, 7) is 6.64. The Bertz CT molecular complexity index is 306. The van der Waals surface area contributed by atoms with E-state index in [-0.39, 0.29) is 5.92 Å². The normalized spacial score (nSPS) is 17.2. The van der Waals surface area contributed by atoms with Crippen LogP contribution in [-0.2, 0) is 19.1 Å². The highest BCUT2D eigenvalue weighted by Gasteiger charge is 2.33. The summed E-state index contributed by atoms with van der Waals surface area (Å²) in [5.41, 5.74) is 0. The number of esters is 2. The maximum atomic E-state index is 12.1. The summed E-state index contributed by atoms with van der Waals surface area (Å²) in [4.78, 5) is 24.2. The molecule has 1 unspecified atom stereocenters. The van der Waals surface area contributed by atoms with Gasteiger partial charge in [-0.05, 0) is 24.7 Å². The first-order valence-corrected chi connectivity index (χ1v) is 7.87. The fraction of sp³-hybridized carbons (Fsp3) is 0.875. The summed E-state index contributed by atoms with van der Waals surface area (Å²) in [7, 11) is 0. The fourth-order valence-electron chi connectivity index (χ4n) is 2.52. The Morgan fingerprint density at radius 1 is 1.10 bits per heavy atom. The van der Waals surface area contributed by atoms with Crippen molar-refractivity contribution in [3.05, 3.63) is 0 Å². The number of rotatable bonds is 8. The molecule has 1 atom stereocenters. The first kappa shape index (κ1) is 17.0. The zero-order valence-corrected chi connectivity index (χ0v) is 13.0. The molecule has 0 saturated heterocycles. The zero-order valence-electron chi connectivity index (χ0n) is 13.0. The van der Waals surface area contributed by atoms with Crippen LogP contribution in [0.5, 0.6) is 0 Å². The van der Waals surface area contributed by atoms with Gasteiger partial charge in [-0.2, -0.15) is 0 Å². The van der Waals surface area contributed by atoms with E-state index in [0.29, 0.717) is 25.6 Å². The number of carbonyl (C=O) groups excluding carboxylic acids is 2. The molecule has 116 valence electrons. The molecule has 0 amide bonds. The molecule has 20 heavy (non-hydrogen) atoms. The molecule has 1 fully saturated rings. The Kier molecular flexibility index (Phi) is 7.63. The average molecular weight is 284 g/mol. The number of carbonyl (C=O) groups is 2. The van der Waals surface area contributed by atoms with Crippen LogP contribution in [0.3, 0.4) is 0 Å². The topological polar surface area (TPSA) is 52.6 Å². The molecular formula is C16H28O4. The van der Waals surface area contributed by atoms with Crippen molar-refractivity contribution in [2.45, 2.75) is 59.3 Å². The van der Waals surface area contributed by atoms with Crippen LogP contribution < -0.4 is 0 Å². The van der Waals surface area contributed by atoms with E-state index < -0.39 is 17.9 Å². The highest BCUT2D eigenvalue weighted by molar-refractivity contribution is 5.94. The number of hydrogen-bond donors (Lipinski definition) is 0. The lowest BCUT2D eigenvalue weighted by atomic mass is 9.93. The summed E-state index contributed by atoms with van der Waals surface area (Å²) in [6.07, 6.45) is 5.96. The predicted molar refractivity (Wildman–Crippen MR) is 77.1 cm³/mol. The minimum absolute atomic E-state index is 0.276. The molecule has 0 heterocycles. The molecule has 0 aromatic heterocycles.